The zero-order chi connectivity index (χ0) is 11.8. The summed E-state index contributed by atoms with van der Waals surface area (Å²) in [5.74, 6) is 0.337. The van der Waals surface area contributed by atoms with Gasteiger partial charge in [-0.25, -0.2) is 0 Å². The monoisotopic (exact) mass is 224 g/mol. The lowest BCUT2D eigenvalue weighted by Crippen LogP contribution is -2.46. The second-order valence-corrected chi connectivity index (χ2v) is 6.25. The normalized spacial score (nSPS) is 31.1. The van der Waals surface area contributed by atoms with E-state index in [9.17, 15) is 4.79 Å². The summed E-state index contributed by atoms with van der Waals surface area (Å²) in [7, 11) is 0. The molecule has 1 N–H and O–H groups in total. The fraction of sp³-hybridized carbons (Fsp3) is 0.923. The first-order chi connectivity index (χ1) is 7.48. The molecule has 0 spiro atoms. The van der Waals surface area contributed by atoms with Crippen molar-refractivity contribution in [3.63, 3.8) is 0 Å². The van der Waals surface area contributed by atoms with Crippen molar-refractivity contribution in [1.82, 2.24) is 10.2 Å². The van der Waals surface area contributed by atoms with Crippen molar-refractivity contribution in [2.45, 2.75) is 58.5 Å². The average molecular weight is 224 g/mol. The molecule has 1 amide bonds. The molecule has 2 heterocycles. The molecule has 2 atom stereocenters. The summed E-state index contributed by atoms with van der Waals surface area (Å²) >= 11 is 0. The zero-order valence-electron chi connectivity index (χ0n) is 10.8. The third kappa shape index (κ3) is 2.40. The molecule has 3 nitrogen and oxygen atoms in total. The fourth-order valence-electron chi connectivity index (χ4n) is 2.78. The summed E-state index contributed by atoms with van der Waals surface area (Å²) in [4.78, 5) is 14.2. The quantitative estimate of drug-likeness (QED) is 0.736. The van der Waals surface area contributed by atoms with Crippen molar-refractivity contribution in [2.75, 3.05) is 13.1 Å². The highest BCUT2D eigenvalue weighted by Crippen LogP contribution is 2.29. The number of amides is 1. The highest BCUT2D eigenvalue weighted by Gasteiger charge is 2.37. The Labute approximate surface area is 98.6 Å². The number of nitrogens with one attached hydrogen (secondary N) is 1. The third-order valence-electron chi connectivity index (χ3n) is 3.91. The molecule has 0 bridgehead atoms. The minimum atomic E-state index is 0.0855. The predicted octanol–water partition coefficient (Wildman–Crippen LogP) is 1.78. The minimum Gasteiger partial charge on any atom is -0.341 e. The standard InChI is InChI=1S/C13H24N2O/c1-13(2,3)11-7-6-10(14-11)12(16)15-8-4-5-9-15/h10-11,14H,4-9H2,1-3H3/t10-,11+/m0/s1. The Balaban J connectivity index is 1.90. The van der Waals surface area contributed by atoms with E-state index < -0.39 is 0 Å². The number of nitrogens with zero attached hydrogens (tertiary/aromatic N) is 1. The van der Waals surface area contributed by atoms with Crippen LogP contribution in [0, 0.1) is 5.41 Å². The molecule has 2 aliphatic heterocycles. The molecule has 2 rings (SSSR count). The topological polar surface area (TPSA) is 32.3 Å². The van der Waals surface area contributed by atoms with Gasteiger partial charge in [0.1, 0.15) is 0 Å². The lowest BCUT2D eigenvalue weighted by molar-refractivity contribution is -0.132. The highest BCUT2D eigenvalue weighted by atomic mass is 16.2. The van der Waals surface area contributed by atoms with Gasteiger partial charge in [-0.3, -0.25) is 4.79 Å². The SMILES string of the molecule is CC(C)(C)[C@H]1CC[C@@H](C(=O)N2CCCC2)N1. The molecular formula is C13H24N2O. The summed E-state index contributed by atoms with van der Waals surface area (Å²) in [5, 5.41) is 3.52. The van der Waals surface area contributed by atoms with Crippen molar-refractivity contribution >= 4 is 5.91 Å². The lowest BCUT2D eigenvalue weighted by atomic mass is 9.86. The molecule has 92 valence electrons. The van der Waals surface area contributed by atoms with E-state index in [1.165, 1.54) is 12.8 Å². The number of hydrogen-bond acceptors (Lipinski definition) is 2. The van der Waals surface area contributed by atoms with Crippen LogP contribution >= 0.6 is 0 Å². The summed E-state index contributed by atoms with van der Waals surface area (Å²) < 4.78 is 0. The fourth-order valence-corrected chi connectivity index (χ4v) is 2.78. The molecule has 0 aromatic heterocycles. The summed E-state index contributed by atoms with van der Waals surface area (Å²) in [5.41, 5.74) is 0.264. The number of rotatable bonds is 1. The van der Waals surface area contributed by atoms with Gasteiger partial charge in [-0.1, -0.05) is 20.8 Å². The van der Waals surface area contributed by atoms with E-state index in [0.29, 0.717) is 11.9 Å². The van der Waals surface area contributed by atoms with Gasteiger partial charge >= 0.3 is 0 Å². The van der Waals surface area contributed by atoms with Crippen LogP contribution in [0.25, 0.3) is 0 Å². The van der Waals surface area contributed by atoms with Gasteiger partial charge in [0, 0.05) is 19.1 Å². The molecule has 0 radical (unpaired) electrons. The Morgan fingerprint density at radius 2 is 1.81 bits per heavy atom. The molecule has 2 fully saturated rings. The van der Waals surface area contributed by atoms with Crippen LogP contribution in [0.4, 0.5) is 0 Å². The Morgan fingerprint density at radius 1 is 1.19 bits per heavy atom. The van der Waals surface area contributed by atoms with Crippen LogP contribution in [0.2, 0.25) is 0 Å². The van der Waals surface area contributed by atoms with Crippen LogP contribution < -0.4 is 5.32 Å². The molecule has 2 aliphatic rings. The largest absolute Gasteiger partial charge is 0.341 e. The molecule has 0 aliphatic carbocycles. The molecule has 0 unspecified atom stereocenters. The lowest BCUT2D eigenvalue weighted by Gasteiger charge is -2.28. The van der Waals surface area contributed by atoms with Gasteiger partial charge in [0.2, 0.25) is 5.91 Å². The summed E-state index contributed by atoms with van der Waals surface area (Å²) in [6, 6.07) is 0.575. The van der Waals surface area contributed by atoms with Gasteiger partial charge in [-0.15, -0.1) is 0 Å². The molecule has 3 heteroatoms. The molecular weight excluding hydrogens is 200 g/mol. The van der Waals surface area contributed by atoms with Crippen LogP contribution in [-0.4, -0.2) is 36.0 Å². The maximum atomic E-state index is 12.2. The third-order valence-corrected chi connectivity index (χ3v) is 3.91. The van der Waals surface area contributed by atoms with Crippen LogP contribution in [0.5, 0.6) is 0 Å². The van der Waals surface area contributed by atoms with E-state index in [0.717, 1.165) is 25.9 Å². The highest BCUT2D eigenvalue weighted by molar-refractivity contribution is 5.82. The Morgan fingerprint density at radius 3 is 2.31 bits per heavy atom. The van der Waals surface area contributed by atoms with Crippen LogP contribution in [-0.2, 0) is 4.79 Å². The zero-order valence-corrected chi connectivity index (χ0v) is 10.8. The van der Waals surface area contributed by atoms with Crippen molar-refractivity contribution < 1.29 is 4.79 Å². The second-order valence-electron chi connectivity index (χ2n) is 6.25. The molecule has 16 heavy (non-hydrogen) atoms. The van der Waals surface area contributed by atoms with Crippen molar-refractivity contribution in [3.05, 3.63) is 0 Å². The van der Waals surface area contributed by atoms with Crippen LogP contribution in [0.1, 0.15) is 46.5 Å². The first-order valence-corrected chi connectivity index (χ1v) is 6.53. The first-order valence-electron chi connectivity index (χ1n) is 6.53. The number of hydrogen-bond donors (Lipinski definition) is 1. The Bertz CT molecular complexity index is 264. The summed E-state index contributed by atoms with van der Waals surface area (Å²) in [6.45, 7) is 8.67. The maximum Gasteiger partial charge on any atom is 0.239 e. The van der Waals surface area contributed by atoms with E-state index in [4.69, 9.17) is 0 Å². The molecule has 0 aromatic carbocycles. The maximum absolute atomic E-state index is 12.2. The molecule has 2 saturated heterocycles. The van der Waals surface area contributed by atoms with E-state index in [-0.39, 0.29) is 11.5 Å². The molecule has 0 aromatic rings. The predicted molar refractivity (Wildman–Crippen MR) is 65.2 cm³/mol. The number of likely N-dealkylation sites (tertiary alicyclic amines) is 1. The Hall–Kier alpha value is -0.570. The van der Waals surface area contributed by atoms with E-state index in [1.54, 1.807) is 0 Å². The average Bonchev–Trinajstić information content (AvgIpc) is 2.87. The van der Waals surface area contributed by atoms with Gasteiger partial charge in [-0.2, -0.15) is 0 Å². The number of carbonyl (C=O) groups is 1. The van der Waals surface area contributed by atoms with Gasteiger partial charge in [0.15, 0.2) is 0 Å². The summed E-state index contributed by atoms with van der Waals surface area (Å²) in [6.07, 6.45) is 4.51. The molecule has 0 saturated carbocycles. The first kappa shape index (κ1) is 11.9. The second kappa shape index (κ2) is 4.36. The van der Waals surface area contributed by atoms with Crippen molar-refractivity contribution in [1.29, 1.82) is 0 Å². The smallest absolute Gasteiger partial charge is 0.239 e. The van der Waals surface area contributed by atoms with E-state index >= 15 is 0 Å². The van der Waals surface area contributed by atoms with Gasteiger partial charge in [-0.05, 0) is 31.1 Å². The van der Waals surface area contributed by atoms with Gasteiger partial charge < -0.3 is 10.2 Å². The van der Waals surface area contributed by atoms with E-state index in [1.807, 2.05) is 4.90 Å². The van der Waals surface area contributed by atoms with E-state index in [2.05, 4.69) is 26.1 Å². The van der Waals surface area contributed by atoms with Crippen LogP contribution in [0.3, 0.4) is 0 Å². The minimum absolute atomic E-state index is 0.0855. The van der Waals surface area contributed by atoms with Crippen molar-refractivity contribution in [3.8, 4) is 0 Å². The number of carbonyl (C=O) groups excluding carboxylic acids is 1. The van der Waals surface area contributed by atoms with Crippen molar-refractivity contribution in [2.24, 2.45) is 5.41 Å². The Kier molecular flexibility index (Phi) is 3.24. The van der Waals surface area contributed by atoms with Gasteiger partial charge in [0.25, 0.3) is 0 Å². The van der Waals surface area contributed by atoms with Crippen LogP contribution in [0.15, 0.2) is 0 Å². The van der Waals surface area contributed by atoms with Gasteiger partial charge in [0.05, 0.1) is 6.04 Å².